The predicted octanol–water partition coefficient (Wildman–Crippen LogP) is 2.34. The monoisotopic (exact) mass is 237 g/mol. The van der Waals surface area contributed by atoms with E-state index in [4.69, 9.17) is 5.11 Å². The van der Waals surface area contributed by atoms with E-state index < -0.39 is 6.10 Å². The molecule has 0 aromatic heterocycles. The smallest absolute Gasteiger partial charge is 0.0807 e. The Labute approximate surface area is 104 Å². The van der Waals surface area contributed by atoms with Crippen molar-refractivity contribution in [2.45, 2.75) is 32.8 Å². The lowest BCUT2D eigenvalue weighted by molar-refractivity contribution is 0.174. The van der Waals surface area contributed by atoms with Gasteiger partial charge in [-0.1, -0.05) is 32.0 Å². The molecule has 0 fully saturated rings. The number of hydrogen-bond acceptors (Lipinski definition) is 3. The Morgan fingerprint density at radius 1 is 1.18 bits per heavy atom. The molecule has 1 aromatic carbocycles. The van der Waals surface area contributed by atoms with Crippen LogP contribution in [0.4, 0.5) is 5.69 Å². The molecule has 3 nitrogen and oxygen atoms in total. The van der Waals surface area contributed by atoms with Gasteiger partial charge in [-0.15, -0.1) is 0 Å². The van der Waals surface area contributed by atoms with Gasteiger partial charge in [0.1, 0.15) is 0 Å². The fourth-order valence-electron chi connectivity index (χ4n) is 2.02. The third-order valence-corrected chi connectivity index (χ3v) is 2.89. The number of benzene rings is 1. The zero-order chi connectivity index (χ0) is 12.7. The molecule has 1 atom stereocenters. The average Bonchev–Trinajstić information content (AvgIpc) is 2.37. The summed E-state index contributed by atoms with van der Waals surface area (Å²) in [6.45, 7) is 5.73. The number of aliphatic hydroxyl groups excluding tert-OH is 2. The second-order valence-corrected chi connectivity index (χ2v) is 4.19. The lowest BCUT2D eigenvalue weighted by Crippen LogP contribution is -2.28. The van der Waals surface area contributed by atoms with Crippen LogP contribution in [0.15, 0.2) is 24.3 Å². The van der Waals surface area contributed by atoms with E-state index >= 15 is 0 Å². The van der Waals surface area contributed by atoms with Crippen LogP contribution < -0.4 is 4.90 Å². The summed E-state index contributed by atoms with van der Waals surface area (Å²) in [5.41, 5.74) is 2.00. The van der Waals surface area contributed by atoms with Gasteiger partial charge in [0.2, 0.25) is 0 Å². The molecule has 0 spiro atoms. The molecule has 1 rings (SSSR count). The molecule has 0 aliphatic heterocycles. The van der Waals surface area contributed by atoms with Crippen molar-refractivity contribution in [1.82, 2.24) is 0 Å². The molecule has 96 valence electrons. The normalized spacial score (nSPS) is 12.5. The van der Waals surface area contributed by atoms with Crippen LogP contribution in [0.1, 0.15) is 38.4 Å². The lowest BCUT2D eigenvalue weighted by Gasteiger charge is -2.27. The van der Waals surface area contributed by atoms with Crippen LogP contribution in [0.5, 0.6) is 0 Å². The van der Waals surface area contributed by atoms with Crippen LogP contribution in [0, 0.1) is 0 Å². The van der Waals surface area contributed by atoms with E-state index in [1.54, 1.807) is 0 Å². The van der Waals surface area contributed by atoms with Gasteiger partial charge in [-0.05, 0) is 18.9 Å². The molecule has 0 radical (unpaired) electrons. The number of para-hydroxylation sites is 1. The van der Waals surface area contributed by atoms with Gasteiger partial charge in [-0.3, -0.25) is 0 Å². The van der Waals surface area contributed by atoms with E-state index in [1.165, 1.54) is 0 Å². The maximum atomic E-state index is 10.0. The first kappa shape index (κ1) is 14.0. The van der Waals surface area contributed by atoms with Gasteiger partial charge in [0.25, 0.3) is 0 Å². The molecule has 0 saturated heterocycles. The highest BCUT2D eigenvalue weighted by Crippen LogP contribution is 2.28. The van der Waals surface area contributed by atoms with Crippen molar-refractivity contribution in [2.75, 3.05) is 24.6 Å². The molecule has 0 aliphatic rings. The Morgan fingerprint density at radius 2 is 1.88 bits per heavy atom. The number of hydrogen-bond donors (Lipinski definition) is 2. The average molecular weight is 237 g/mol. The van der Waals surface area contributed by atoms with Crippen LogP contribution in [0.2, 0.25) is 0 Å². The summed E-state index contributed by atoms with van der Waals surface area (Å²) in [6.07, 6.45) is 1.30. The van der Waals surface area contributed by atoms with Crippen LogP contribution in [-0.4, -0.2) is 29.9 Å². The van der Waals surface area contributed by atoms with Crippen molar-refractivity contribution < 1.29 is 10.2 Å². The van der Waals surface area contributed by atoms with Crippen LogP contribution >= 0.6 is 0 Å². The summed E-state index contributed by atoms with van der Waals surface area (Å²) in [6, 6.07) is 7.89. The van der Waals surface area contributed by atoms with Gasteiger partial charge in [0, 0.05) is 24.3 Å². The number of nitrogens with zero attached hydrogens (tertiary/aromatic N) is 1. The summed E-state index contributed by atoms with van der Waals surface area (Å²) in [5, 5.41) is 19.1. The Kier molecular flexibility index (Phi) is 6.01. The zero-order valence-electron chi connectivity index (χ0n) is 10.8. The summed E-state index contributed by atoms with van der Waals surface area (Å²) >= 11 is 0. The first-order chi connectivity index (χ1) is 8.24. The SMILES string of the molecule is CCCN(CCO)c1ccccc1[C@H](O)CC. The molecule has 0 saturated carbocycles. The van der Waals surface area contributed by atoms with Gasteiger partial charge >= 0.3 is 0 Å². The standard InChI is InChI=1S/C14H23NO2/c1-3-9-15(10-11-16)13-8-6-5-7-12(13)14(17)4-2/h5-8,14,16-17H,3-4,9-11H2,1-2H3/t14-/m1/s1. The van der Waals surface area contributed by atoms with Crippen molar-refractivity contribution >= 4 is 5.69 Å². The molecule has 0 amide bonds. The second kappa shape index (κ2) is 7.30. The fourth-order valence-corrected chi connectivity index (χ4v) is 2.02. The van der Waals surface area contributed by atoms with E-state index in [2.05, 4.69) is 11.8 Å². The van der Waals surface area contributed by atoms with Crippen molar-refractivity contribution in [3.05, 3.63) is 29.8 Å². The second-order valence-electron chi connectivity index (χ2n) is 4.19. The zero-order valence-corrected chi connectivity index (χ0v) is 10.8. The minimum atomic E-state index is -0.427. The van der Waals surface area contributed by atoms with E-state index in [0.717, 1.165) is 24.2 Å². The van der Waals surface area contributed by atoms with Crippen molar-refractivity contribution in [2.24, 2.45) is 0 Å². The fraction of sp³-hybridized carbons (Fsp3) is 0.571. The summed E-state index contributed by atoms with van der Waals surface area (Å²) in [5.74, 6) is 0. The number of aliphatic hydroxyl groups is 2. The minimum Gasteiger partial charge on any atom is -0.395 e. The topological polar surface area (TPSA) is 43.7 Å². The molecule has 0 unspecified atom stereocenters. The molecule has 3 heteroatoms. The highest BCUT2D eigenvalue weighted by molar-refractivity contribution is 5.54. The molecule has 0 heterocycles. The molecule has 0 aliphatic carbocycles. The Morgan fingerprint density at radius 3 is 2.47 bits per heavy atom. The molecule has 2 N–H and O–H groups in total. The Hall–Kier alpha value is -1.06. The van der Waals surface area contributed by atoms with Crippen LogP contribution in [0.3, 0.4) is 0 Å². The van der Waals surface area contributed by atoms with Gasteiger partial charge in [0.05, 0.1) is 12.7 Å². The van der Waals surface area contributed by atoms with Gasteiger partial charge < -0.3 is 15.1 Å². The Bertz CT molecular complexity index is 322. The molecule has 17 heavy (non-hydrogen) atoms. The quantitative estimate of drug-likeness (QED) is 0.765. The highest BCUT2D eigenvalue weighted by Gasteiger charge is 2.14. The van der Waals surface area contributed by atoms with Crippen molar-refractivity contribution in [1.29, 1.82) is 0 Å². The van der Waals surface area contributed by atoms with E-state index in [-0.39, 0.29) is 6.61 Å². The molecule has 0 bridgehead atoms. The highest BCUT2D eigenvalue weighted by atomic mass is 16.3. The number of rotatable bonds is 7. The number of anilines is 1. The van der Waals surface area contributed by atoms with E-state index in [9.17, 15) is 5.11 Å². The Balaban J connectivity index is 2.99. The first-order valence-corrected chi connectivity index (χ1v) is 6.37. The van der Waals surface area contributed by atoms with Crippen LogP contribution in [0.25, 0.3) is 0 Å². The molecule has 1 aromatic rings. The maximum absolute atomic E-state index is 10.0. The largest absolute Gasteiger partial charge is 0.395 e. The van der Waals surface area contributed by atoms with Gasteiger partial charge in [0.15, 0.2) is 0 Å². The predicted molar refractivity (Wildman–Crippen MR) is 71.3 cm³/mol. The van der Waals surface area contributed by atoms with E-state index in [1.807, 2.05) is 31.2 Å². The molecular weight excluding hydrogens is 214 g/mol. The summed E-state index contributed by atoms with van der Waals surface area (Å²) in [4.78, 5) is 2.13. The minimum absolute atomic E-state index is 0.135. The van der Waals surface area contributed by atoms with Crippen LogP contribution in [-0.2, 0) is 0 Å². The van der Waals surface area contributed by atoms with Gasteiger partial charge in [-0.25, -0.2) is 0 Å². The summed E-state index contributed by atoms with van der Waals surface area (Å²) in [7, 11) is 0. The van der Waals surface area contributed by atoms with Gasteiger partial charge in [-0.2, -0.15) is 0 Å². The third kappa shape index (κ3) is 3.72. The first-order valence-electron chi connectivity index (χ1n) is 6.37. The maximum Gasteiger partial charge on any atom is 0.0807 e. The lowest BCUT2D eigenvalue weighted by atomic mass is 10.0. The van der Waals surface area contributed by atoms with Crippen molar-refractivity contribution in [3.63, 3.8) is 0 Å². The third-order valence-electron chi connectivity index (χ3n) is 2.89. The summed E-state index contributed by atoms with van der Waals surface area (Å²) < 4.78 is 0. The van der Waals surface area contributed by atoms with E-state index in [0.29, 0.717) is 13.0 Å². The molecular formula is C14H23NO2. The van der Waals surface area contributed by atoms with Crippen molar-refractivity contribution in [3.8, 4) is 0 Å².